The molecule has 1 aromatic heterocycles. The highest BCUT2D eigenvalue weighted by atomic mass is 19.4. The minimum atomic E-state index is -4.85. The summed E-state index contributed by atoms with van der Waals surface area (Å²) >= 11 is 0. The predicted molar refractivity (Wildman–Crippen MR) is 59.4 cm³/mol. The first-order valence-corrected chi connectivity index (χ1v) is 6.32. The highest BCUT2D eigenvalue weighted by Crippen LogP contribution is 2.38. The fourth-order valence-corrected chi connectivity index (χ4v) is 2.42. The number of alkyl halides is 3. The molecule has 2 rings (SSSR count). The first-order chi connectivity index (χ1) is 8.90. The lowest BCUT2D eigenvalue weighted by atomic mass is 10.0. The summed E-state index contributed by atoms with van der Waals surface area (Å²) in [6, 6.07) is 0. The van der Waals surface area contributed by atoms with Gasteiger partial charge in [0, 0.05) is 5.92 Å². The van der Waals surface area contributed by atoms with Gasteiger partial charge >= 0.3 is 6.18 Å². The number of halogens is 3. The summed E-state index contributed by atoms with van der Waals surface area (Å²) in [4.78, 5) is 14.7. The first kappa shape index (κ1) is 14.0. The Kier molecular flexibility index (Phi) is 3.91. The second kappa shape index (κ2) is 5.30. The van der Waals surface area contributed by atoms with Crippen molar-refractivity contribution in [3.8, 4) is 0 Å². The van der Waals surface area contributed by atoms with Crippen LogP contribution in [-0.2, 0) is 11.2 Å². The summed E-state index contributed by atoms with van der Waals surface area (Å²) < 4.78 is 41.0. The zero-order valence-corrected chi connectivity index (χ0v) is 10.5. The summed E-state index contributed by atoms with van der Waals surface area (Å²) in [6.45, 7) is 2.11. The van der Waals surface area contributed by atoms with Crippen LogP contribution in [0.5, 0.6) is 0 Å². The van der Waals surface area contributed by atoms with Gasteiger partial charge in [0.2, 0.25) is 11.7 Å². The van der Waals surface area contributed by atoms with Crippen LogP contribution in [0.1, 0.15) is 50.2 Å². The molecule has 19 heavy (non-hydrogen) atoms. The van der Waals surface area contributed by atoms with Crippen LogP contribution in [0.2, 0.25) is 0 Å². The van der Waals surface area contributed by atoms with Gasteiger partial charge in [-0.05, 0) is 25.2 Å². The summed E-state index contributed by atoms with van der Waals surface area (Å²) in [6.07, 6.45) is -1.72. The molecule has 1 saturated carbocycles. The van der Waals surface area contributed by atoms with E-state index in [1.807, 2.05) is 0 Å². The topological polar surface area (TPSA) is 56.0 Å². The molecule has 1 fully saturated rings. The smallest absolute Gasteiger partial charge is 0.339 e. The number of nitrogens with zero attached hydrogens (tertiary/aromatic N) is 2. The molecule has 0 bridgehead atoms. The number of hydrogen-bond acceptors (Lipinski definition) is 4. The number of carbonyl (C=O) groups is 1. The molecule has 4 nitrogen and oxygen atoms in total. The van der Waals surface area contributed by atoms with Crippen LogP contribution in [0, 0.1) is 5.92 Å². The zero-order chi connectivity index (χ0) is 14.0. The number of carbonyl (C=O) groups excluding carboxylic acids is 1. The van der Waals surface area contributed by atoms with Crippen LogP contribution in [0.25, 0.3) is 0 Å². The fraction of sp³-hybridized carbons (Fsp3) is 0.750. The molecule has 1 aliphatic carbocycles. The van der Waals surface area contributed by atoms with Crippen LogP contribution in [0.15, 0.2) is 4.52 Å². The van der Waals surface area contributed by atoms with E-state index in [-0.39, 0.29) is 11.8 Å². The molecule has 0 N–H and O–H groups in total. The molecule has 0 radical (unpaired) electrons. The molecule has 106 valence electrons. The van der Waals surface area contributed by atoms with Crippen molar-refractivity contribution in [2.24, 2.45) is 5.92 Å². The van der Waals surface area contributed by atoms with E-state index in [0.717, 1.165) is 25.7 Å². The Morgan fingerprint density at radius 2 is 2.16 bits per heavy atom. The van der Waals surface area contributed by atoms with Gasteiger partial charge in [0.05, 0.1) is 6.42 Å². The van der Waals surface area contributed by atoms with Gasteiger partial charge in [-0.2, -0.15) is 18.2 Å². The number of aromatic nitrogens is 2. The molecule has 0 aliphatic heterocycles. The van der Waals surface area contributed by atoms with Gasteiger partial charge in [-0.3, -0.25) is 4.79 Å². The molecular formula is C12H15F3N2O2. The van der Waals surface area contributed by atoms with Crippen LogP contribution < -0.4 is 0 Å². The highest BCUT2D eigenvalue weighted by Gasteiger charge is 2.39. The van der Waals surface area contributed by atoms with Gasteiger partial charge in [-0.25, -0.2) is 0 Å². The van der Waals surface area contributed by atoms with Crippen molar-refractivity contribution in [3.63, 3.8) is 0 Å². The lowest BCUT2D eigenvalue weighted by Gasteiger charge is -2.04. The largest absolute Gasteiger partial charge is 0.450 e. The van der Waals surface area contributed by atoms with Crippen LogP contribution in [0.3, 0.4) is 0 Å². The third-order valence-electron chi connectivity index (χ3n) is 3.60. The molecule has 1 heterocycles. The monoisotopic (exact) mass is 276 g/mol. The molecular weight excluding hydrogens is 261 g/mol. The molecule has 0 spiro atoms. The fourth-order valence-electron chi connectivity index (χ4n) is 2.42. The van der Waals surface area contributed by atoms with Gasteiger partial charge in [0.15, 0.2) is 5.82 Å². The Bertz CT molecular complexity index is 456. The normalized spacial score (nSPS) is 23.8. The van der Waals surface area contributed by atoms with Gasteiger partial charge in [-0.15, -0.1) is 0 Å². The third-order valence-corrected chi connectivity index (χ3v) is 3.60. The van der Waals surface area contributed by atoms with E-state index < -0.39 is 18.4 Å². The van der Waals surface area contributed by atoms with Gasteiger partial charge in [0.1, 0.15) is 0 Å². The number of rotatable bonds is 4. The standard InChI is InChI=1S/C12H15F3N2O2/c1-2-7-3-4-8(5-7)11-16-10(19-17-11)6-9(18)12(13,14)15/h7-8H,2-6H2,1H3. The maximum Gasteiger partial charge on any atom is 0.450 e. The molecule has 1 aromatic rings. The average Bonchev–Trinajstić information content (AvgIpc) is 2.95. The number of hydrogen-bond donors (Lipinski definition) is 0. The summed E-state index contributed by atoms with van der Waals surface area (Å²) in [5, 5.41) is 3.70. The maximum absolute atomic E-state index is 12.1. The summed E-state index contributed by atoms with van der Waals surface area (Å²) in [5.41, 5.74) is 0. The molecule has 1 aliphatic rings. The van der Waals surface area contributed by atoms with Gasteiger partial charge < -0.3 is 4.52 Å². The van der Waals surface area contributed by atoms with E-state index in [9.17, 15) is 18.0 Å². The van der Waals surface area contributed by atoms with Crippen molar-refractivity contribution >= 4 is 5.78 Å². The lowest BCUT2D eigenvalue weighted by Crippen LogP contribution is -2.24. The van der Waals surface area contributed by atoms with Gasteiger partial charge in [0.25, 0.3) is 0 Å². The minimum absolute atomic E-state index is 0.142. The van der Waals surface area contributed by atoms with E-state index in [4.69, 9.17) is 4.52 Å². The molecule has 7 heteroatoms. The Morgan fingerprint density at radius 1 is 1.42 bits per heavy atom. The maximum atomic E-state index is 12.1. The zero-order valence-electron chi connectivity index (χ0n) is 10.5. The van der Waals surface area contributed by atoms with Crippen LogP contribution in [0.4, 0.5) is 13.2 Å². The SMILES string of the molecule is CCC1CCC(c2noc(CC(=O)C(F)(F)F)n2)C1. The van der Waals surface area contributed by atoms with Crippen molar-refractivity contribution in [2.75, 3.05) is 0 Å². The Balaban J connectivity index is 1.98. The van der Waals surface area contributed by atoms with Crippen molar-refractivity contribution in [2.45, 2.75) is 51.1 Å². The Hall–Kier alpha value is -1.40. The van der Waals surface area contributed by atoms with Crippen molar-refractivity contribution in [3.05, 3.63) is 11.7 Å². The molecule has 0 aromatic carbocycles. The van der Waals surface area contributed by atoms with Crippen LogP contribution in [-0.4, -0.2) is 22.1 Å². The Morgan fingerprint density at radius 3 is 2.74 bits per heavy atom. The van der Waals surface area contributed by atoms with Gasteiger partial charge in [-0.1, -0.05) is 18.5 Å². The minimum Gasteiger partial charge on any atom is -0.339 e. The summed E-state index contributed by atoms with van der Waals surface area (Å²) in [7, 11) is 0. The Labute approximate surface area is 108 Å². The second-order valence-corrected chi connectivity index (χ2v) is 4.93. The van der Waals surface area contributed by atoms with Crippen LogP contribution >= 0.6 is 0 Å². The number of Topliss-reactive ketones (excluding diaryl/α,β-unsaturated/α-hetero) is 1. The highest BCUT2D eigenvalue weighted by molar-refractivity contribution is 5.85. The van der Waals surface area contributed by atoms with Crippen molar-refractivity contribution < 1.29 is 22.5 Å². The second-order valence-electron chi connectivity index (χ2n) is 4.93. The average molecular weight is 276 g/mol. The molecule has 2 unspecified atom stereocenters. The molecule has 0 amide bonds. The van der Waals surface area contributed by atoms with E-state index in [2.05, 4.69) is 17.1 Å². The quantitative estimate of drug-likeness (QED) is 0.848. The third kappa shape index (κ3) is 3.33. The predicted octanol–water partition coefficient (Wildman–Crippen LogP) is 3.04. The van der Waals surface area contributed by atoms with E-state index >= 15 is 0 Å². The molecule has 2 atom stereocenters. The number of ketones is 1. The van der Waals surface area contributed by atoms with E-state index in [1.54, 1.807) is 0 Å². The van der Waals surface area contributed by atoms with E-state index in [1.165, 1.54) is 0 Å². The summed E-state index contributed by atoms with van der Waals surface area (Å²) in [5.74, 6) is -0.925. The molecule has 0 saturated heterocycles. The van der Waals surface area contributed by atoms with Crippen molar-refractivity contribution in [1.82, 2.24) is 10.1 Å². The van der Waals surface area contributed by atoms with E-state index in [0.29, 0.717) is 11.7 Å². The van der Waals surface area contributed by atoms with Crippen molar-refractivity contribution in [1.29, 1.82) is 0 Å². The lowest BCUT2D eigenvalue weighted by molar-refractivity contribution is -0.170. The first-order valence-electron chi connectivity index (χ1n) is 6.32.